The van der Waals surface area contributed by atoms with Gasteiger partial charge >= 0.3 is 0 Å². The van der Waals surface area contributed by atoms with Crippen LogP contribution < -0.4 is 5.73 Å². The van der Waals surface area contributed by atoms with E-state index in [2.05, 4.69) is 15.1 Å². The third-order valence-corrected chi connectivity index (χ3v) is 3.01. The number of imidazole rings is 1. The molecule has 3 aromatic rings. The summed E-state index contributed by atoms with van der Waals surface area (Å²) < 4.78 is 7.03. The lowest BCUT2D eigenvalue weighted by Crippen LogP contribution is -1.91. The lowest BCUT2D eigenvalue weighted by molar-refractivity contribution is 0.432. The molecule has 0 aliphatic rings. The average molecular weight is 276 g/mol. The third-order valence-electron chi connectivity index (χ3n) is 2.70. The van der Waals surface area contributed by atoms with Crippen LogP contribution in [0, 0.1) is 0 Å². The molecule has 19 heavy (non-hydrogen) atoms. The summed E-state index contributed by atoms with van der Waals surface area (Å²) in [5.74, 6) is 0.809. The monoisotopic (exact) mass is 275 g/mol. The first kappa shape index (κ1) is 11.7. The van der Waals surface area contributed by atoms with Crippen molar-refractivity contribution in [3.05, 3.63) is 35.7 Å². The molecule has 7 heteroatoms. The van der Waals surface area contributed by atoms with Gasteiger partial charge < -0.3 is 14.8 Å². The van der Waals surface area contributed by atoms with E-state index in [4.69, 9.17) is 21.9 Å². The summed E-state index contributed by atoms with van der Waals surface area (Å²) in [5.41, 5.74) is 7.64. The summed E-state index contributed by atoms with van der Waals surface area (Å²) in [7, 11) is 1.86. The van der Waals surface area contributed by atoms with E-state index < -0.39 is 0 Å². The molecule has 0 unspecified atom stereocenters. The van der Waals surface area contributed by atoms with Crippen molar-refractivity contribution in [1.29, 1.82) is 0 Å². The maximum Gasteiger partial charge on any atom is 0.259 e. The minimum absolute atomic E-state index is 0.348. The van der Waals surface area contributed by atoms with Crippen molar-refractivity contribution < 1.29 is 4.52 Å². The Balaban J connectivity index is 2.04. The van der Waals surface area contributed by atoms with Gasteiger partial charge in [0.15, 0.2) is 0 Å². The molecule has 0 atom stereocenters. The van der Waals surface area contributed by atoms with E-state index in [1.165, 1.54) is 0 Å². The van der Waals surface area contributed by atoms with Gasteiger partial charge in [0.25, 0.3) is 5.89 Å². The van der Waals surface area contributed by atoms with Crippen molar-refractivity contribution in [2.75, 3.05) is 5.73 Å². The Morgan fingerprint density at radius 2 is 2.21 bits per heavy atom. The van der Waals surface area contributed by atoms with Gasteiger partial charge in [-0.15, -0.1) is 0 Å². The van der Waals surface area contributed by atoms with Crippen molar-refractivity contribution in [3.8, 4) is 23.0 Å². The normalized spacial score (nSPS) is 10.8. The van der Waals surface area contributed by atoms with E-state index in [1.807, 2.05) is 7.05 Å². The van der Waals surface area contributed by atoms with Crippen LogP contribution in [0.4, 0.5) is 5.69 Å². The number of rotatable bonds is 2. The maximum atomic E-state index is 6.10. The summed E-state index contributed by atoms with van der Waals surface area (Å²) in [5, 5.41) is 4.39. The summed E-state index contributed by atoms with van der Waals surface area (Å²) in [6.45, 7) is 0. The molecule has 0 saturated heterocycles. The number of nitrogens with two attached hydrogens (primary N) is 1. The molecule has 2 N–H and O–H groups in total. The zero-order chi connectivity index (χ0) is 13.4. The van der Waals surface area contributed by atoms with Crippen molar-refractivity contribution >= 4 is 17.3 Å². The second kappa shape index (κ2) is 4.40. The molecule has 0 radical (unpaired) electrons. The van der Waals surface area contributed by atoms with Gasteiger partial charge in [-0.05, 0) is 18.2 Å². The summed E-state index contributed by atoms with van der Waals surface area (Å²) in [4.78, 5) is 8.32. The summed E-state index contributed by atoms with van der Waals surface area (Å²) in [6, 6.07) is 5.12. The van der Waals surface area contributed by atoms with Gasteiger partial charge in [-0.25, -0.2) is 4.98 Å². The Morgan fingerprint density at radius 3 is 2.89 bits per heavy atom. The fourth-order valence-corrected chi connectivity index (χ4v) is 1.98. The van der Waals surface area contributed by atoms with Crippen molar-refractivity contribution in [2.45, 2.75) is 0 Å². The van der Waals surface area contributed by atoms with Gasteiger partial charge in [0, 0.05) is 12.7 Å². The fourth-order valence-electron chi connectivity index (χ4n) is 1.71. The lowest BCUT2D eigenvalue weighted by Gasteiger charge is -1.99. The quantitative estimate of drug-likeness (QED) is 0.726. The Kier molecular flexibility index (Phi) is 2.72. The van der Waals surface area contributed by atoms with E-state index in [9.17, 15) is 0 Å². The van der Waals surface area contributed by atoms with E-state index >= 15 is 0 Å². The second-order valence-corrected chi connectivity index (χ2v) is 4.46. The first-order chi connectivity index (χ1) is 9.15. The molecule has 96 valence electrons. The van der Waals surface area contributed by atoms with Gasteiger partial charge in [-0.2, -0.15) is 4.98 Å². The smallest absolute Gasteiger partial charge is 0.259 e. The molecule has 0 aliphatic carbocycles. The van der Waals surface area contributed by atoms with Gasteiger partial charge in [-0.1, -0.05) is 16.8 Å². The molecule has 3 rings (SSSR count). The zero-order valence-corrected chi connectivity index (χ0v) is 10.8. The molecule has 2 heterocycles. The number of benzene rings is 1. The molecular weight excluding hydrogens is 266 g/mol. The van der Waals surface area contributed by atoms with Crippen molar-refractivity contribution in [3.63, 3.8) is 0 Å². The fraction of sp³-hybridized carbons (Fsp3) is 0.0833. The predicted octanol–water partition coefficient (Wildman–Crippen LogP) is 2.37. The predicted molar refractivity (Wildman–Crippen MR) is 71.4 cm³/mol. The molecule has 1 aromatic carbocycles. The van der Waals surface area contributed by atoms with Gasteiger partial charge in [0.05, 0.1) is 23.1 Å². The highest BCUT2D eigenvalue weighted by molar-refractivity contribution is 6.33. The molecule has 0 spiro atoms. The zero-order valence-electron chi connectivity index (χ0n) is 10.0. The number of hydrogen-bond donors (Lipinski definition) is 1. The Bertz CT molecular complexity index is 733. The average Bonchev–Trinajstić information content (AvgIpc) is 2.97. The van der Waals surface area contributed by atoms with Crippen LogP contribution in [0.1, 0.15) is 0 Å². The first-order valence-electron chi connectivity index (χ1n) is 5.51. The number of aromatic nitrogens is 4. The number of nitrogen functional groups attached to an aromatic ring is 1. The largest absolute Gasteiger partial charge is 0.399 e. The SMILES string of the molecule is Cn1cncc1-c1noc(-c2ccc(N)cc2Cl)n1. The number of hydrogen-bond acceptors (Lipinski definition) is 5. The van der Waals surface area contributed by atoms with Gasteiger partial charge in [-0.3, -0.25) is 0 Å². The summed E-state index contributed by atoms with van der Waals surface area (Å²) >= 11 is 6.10. The topological polar surface area (TPSA) is 82.8 Å². The van der Waals surface area contributed by atoms with Crippen LogP contribution in [0.3, 0.4) is 0 Å². The van der Waals surface area contributed by atoms with Crippen LogP contribution >= 0.6 is 11.6 Å². The second-order valence-electron chi connectivity index (χ2n) is 4.05. The molecule has 0 fully saturated rings. The van der Waals surface area contributed by atoms with Crippen LogP contribution in [0.5, 0.6) is 0 Å². The molecule has 6 nitrogen and oxygen atoms in total. The molecule has 0 saturated carbocycles. The highest BCUT2D eigenvalue weighted by atomic mass is 35.5. The lowest BCUT2D eigenvalue weighted by atomic mass is 10.2. The van der Waals surface area contributed by atoms with E-state index in [-0.39, 0.29) is 0 Å². The minimum atomic E-state index is 0.348. The first-order valence-corrected chi connectivity index (χ1v) is 5.89. The van der Waals surface area contributed by atoms with Gasteiger partial charge in [0.2, 0.25) is 5.82 Å². The third kappa shape index (κ3) is 2.06. The van der Waals surface area contributed by atoms with E-state index in [0.717, 1.165) is 5.69 Å². The standard InChI is InChI=1S/C12H10ClN5O/c1-18-6-15-5-10(18)11-16-12(19-17-11)8-3-2-7(14)4-9(8)13/h2-6H,14H2,1H3. The Labute approximate surface area is 113 Å². The number of aryl methyl sites for hydroxylation is 1. The van der Waals surface area contributed by atoms with E-state index in [1.54, 1.807) is 35.3 Å². The van der Waals surface area contributed by atoms with Crippen LogP contribution in [-0.2, 0) is 7.05 Å². The summed E-state index contributed by atoms with van der Waals surface area (Å²) in [6.07, 6.45) is 3.33. The number of nitrogens with zero attached hydrogens (tertiary/aromatic N) is 4. The van der Waals surface area contributed by atoms with Crippen molar-refractivity contribution in [2.24, 2.45) is 7.05 Å². The molecule has 0 aliphatic heterocycles. The molecule has 0 amide bonds. The van der Waals surface area contributed by atoms with Crippen LogP contribution in [0.2, 0.25) is 5.02 Å². The van der Waals surface area contributed by atoms with Crippen LogP contribution in [0.25, 0.3) is 23.0 Å². The minimum Gasteiger partial charge on any atom is -0.399 e. The van der Waals surface area contributed by atoms with Crippen LogP contribution in [0.15, 0.2) is 35.2 Å². The molecule has 2 aromatic heterocycles. The Hall–Kier alpha value is -2.34. The maximum absolute atomic E-state index is 6.10. The number of halogens is 1. The van der Waals surface area contributed by atoms with Crippen molar-refractivity contribution in [1.82, 2.24) is 19.7 Å². The highest BCUT2D eigenvalue weighted by Crippen LogP contribution is 2.29. The molecule has 0 bridgehead atoms. The molecular formula is C12H10ClN5O. The Morgan fingerprint density at radius 1 is 1.37 bits per heavy atom. The van der Waals surface area contributed by atoms with Gasteiger partial charge in [0.1, 0.15) is 5.69 Å². The highest BCUT2D eigenvalue weighted by Gasteiger charge is 2.15. The number of anilines is 1. The van der Waals surface area contributed by atoms with E-state index in [0.29, 0.717) is 28.0 Å². The van der Waals surface area contributed by atoms with Crippen LogP contribution in [-0.4, -0.2) is 19.7 Å².